The number of nitrogens with one attached hydrogen (secondary N) is 3. The van der Waals surface area contributed by atoms with Gasteiger partial charge in [0.15, 0.2) is 5.65 Å². The fourth-order valence-electron chi connectivity index (χ4n) is 1.21. The zero-order chi connectivity index (χ0) is 10.1. The van der Waals surface area contributed by atoms with E-state index in [1.807, 2.05) is 0 Å². The van der Waals surface area contributed by atoms with E-state index < -0.39 is 11.2 Å². The van der Waals surface area contributed by atoms with Crippen LogP contribution >= 0.6 is 0 Å². The van der Waals surface area contributed by atoms with E-state index in [-0.39, 0.29) is 17.8 Å². The van der Waals surface area contributed by atoms with Crippen LogP contribution < -0.4 is 11.2 Å². The Hall–Kier alpha value is -1.89. The van der Waals surface area contributed by atoms with E-state index in [1.165, 1.54) is 0 Å². The number of nitrogens with zero attached hydrogens (tertiary/aromatic N) is 1. The lowest BCUT2D eigenvalue weighted by Crippen LogP contribution is -2.21. The molecule has 0 aliphatic rings. The Balaban J connectivity index is 2.71. The molecule has 74 valence electrons. The van der Waals surface area contributed by atoms with Crippen molar-refractivity contribution in [2.24, 2.45) is 0 Å². The van der Waals surface area contributed by atoms with Gasteiger partial charge in [-0.05, 0) is 0 Å². The molecule has 0 bridgehead atoms. The summed E-state index contributed by atoms with van der Waals surface area (Å²) in [6, 6.07) is 0. The van der Waals surface area contributed by atoms with Crippen LogP contribution in [0.15, 0.2) is 9.59 Å². The molecule has 0 radical (unpaired) electrons. The van der Waals surface area contributed by atoms with Crippen molar-refractivity contribution in [1.82, 2.24) is 19.9 Å². The van der Waals surface area contributed by atoms with Gasteiger partial charge in [-0.1, -0.05) is 0 Å². The fourth-order valence-corrected chi connectivity index (χ4v) is 1.21. The summed E-state index contributed by atoms with van der Waals surface area (Å²) < 4.78 is 0. The van der Waals surface area contributed by atoms with Crippen molar-refractivity contribution in [2.45, 2.75) is 6.42 Å². The highest BCUT2D eigenvalue weighted by atomic mass is 16.3. The molecular weight excluding hydrogens is 188 g/mol. The van der Waals surface area contributed by atoms with Crippen LogP contribution in [-0.4, -0.2) is 31.6 Å². The molecule has 2 aromatic rings. The zero-order valence-corrected chi connectivity index (χ0v) is 7.13. The first-order valence-electron chi connectivity index (χ1n) is 4.03. The van der Waals surface area contributed by atoms with Gasteiger partial charge in [0, 0.05) is 6.42 Å². The molecule has 2 aromatic heterocycles. The van der Waals surface area contributed by atoms with Crippen molar-refractivity contribution in [3.8, 4) is 0 Å². The largest absolute Gasteiger partial charge is 0.396 e. The van der Waals surface area contributed by atoms with E-state index in [2.05, 4.69) is 19.9 Å². The zero-order valence-electron chi connectivity index (χ0n) is 7.13. The third kappa shape index (κ3) is 1.33. The smallest absolute Gasteiger partial charge is 0.327 e. The summed E-state index contributed by atoms with van der Waals surface area (Å²) >= 11 is 0. The molecule has 2 rings (SSSR count). The highest BCUT2D eigenvalue weighted by Gasteiger charge is 2.06. The number of H-pyrrole nitrogens is 3. The van der Waals surface area contributed by atoms with Crippen molar-refractivity contribution in [3.63, 3.8) is 0 Å². The van der Waals surface area contributed by atoms with Gasteiger partial charge in [0.1, 0.15) is 11.3 Å². The minimum Gasteiger partial charge on any atom is -0.396 e. The number of rotatable bonds is 2. The average molecular weight is 196 g/mol. The lowest BCUT2D eigenvalue weighted by Gasteiger charge is -1.86. The lowest BCUT2D eigenvalue weighted by molar-refractivity contribution is 0.297. The van der Waals surface area contributed by atoms with Crippen LogP contribution in [0.2, 0.25) is 0 Å². The molecule has 7 heteroatoms. The Kier molecular flexibility index (Phi) is 1.93. The number of aliphatic hydroxyl groups is 1. The summed E-state index contributed by atoms with van der Waals surface area (Å²) in [5.41, 5.74) is -0.680. The molecule has 14 heavy (non-hydrogen) atoms. The summed E-state index contributed by atoms with van der Waals surface area (Å²) in [4.78, 5) is 33.1. The van der Waals surface area contributed by atoms with Gasteiger partial charge in [-0.15, -0.1) is 0 Å². The topological polar surface area (TPSA) is 115 Å². The van der Waals surface area contributed by atoms with E-state index in [9.17, 15) is 9.59 Å². The summed E-state index contributed by atoms with van der Waals surface area (Å²) in [6.45, 7) is -0.0675. The Morgan fingerprint density at radius 3 is 2.71 bits per heavy atom. The fraction of sp³-hybridized carbons (Fsp3) is 0.286. The molecule has 2 heterocycles. The number of hydrogen-bond acceptors (Lipinski definition) is 4. The molecule has 0 saturated carbocycles. The lowest BCUT2D eigenvalue weighted by atomic mass is 10.4. The second-order valence-electron chi connectivity index (χ2n) is 2.79. The maximum atomic E-state index is 11.2. The van der Waals surface area contributed by atoms with Crippen LogP contribution in [0.5, 0.6) is 0 Å². The molecule has 0 saturated heterocycles. The van der Waals surface area contributed by atoms with Gasteiger partial charge in [-0.3, -0.25) is 14.8 Å². The monoisotopic (exact) mass is 196 g/mol. The maximum absolute atomic E-state index is 11.2. The number of aromatic amines is 3. The van der Waals surface area contributed by atoms with E-state index >= 15 is 0 Å². The Bertz CT molecular complexity index is 564. The first-order chi connectivity index (χ1) is 6.70. The van der Waals surface area contributed by atoms with Gasteiger partial charge in [0.2, 0.25) is 0 Å². The van der Waals surface area contributed by atoms with Gasteiger partial charge in [-0.2, -0.15) is 0 Å². The second kappa shape index (κ2) is 3.11. The average Bonchev–Trinajstić information content (AvgIpc) is 2.48. The van der Waals surface area contributed by atoms with Crippen LogP contribution in [0.4, 0.5) is 0 Å². The molecule has 0 fully saturated rings. The van der Waals surface area contributed by atoms with Crippen molar-refractivity contribution in [1.29, 1.82) is 0 Å². The van der Waals surface area contributed by atoms with Crippen LogP contribution in [0.1, 0.15) is 5.82 Å². The van der Waals surface area contributed by atoms with E-state index in [1.54, 1.807) is 0 Å². The van der Waals surface area contributed by atoms with Gasteiger partial charge < -0.3 is 10.1 Å². The van der Waals surface area contributed by atoms with Crippen LogP contribution in [0.3, 0.4) is 0 Å². The number of aliphatic hydroxyl groups excluding tert-OH is 1. The van der Waals surface area contributed by atoms with Gasteiger partial charge >= 0.3 is 5.69 Å². The molecule has 4 N–H and O–H groups in total. The molecule has 0 atom stereocenters. The summed E-state index contributed by atoms with van der Waals surface area (Å²) in [7, 11) is 0. The van der Waals surface area contributed by atoms with Crippen molar-refractivity contribution in [3.05, 3.63) is 26.7 Å². The minimum atomic E-state index is -0.593. The molecule has 0 aromatic carbocycles. The molecule has 0 unspecified atom stereocenters. The molecule has 0 aliphatic heterocycles. The predicted molar refractivity (Wildman–Crippen MR) is 48.1 cm³/mol. The van der Waals surface area contributed by atoms with Crippen LogP contribution in [0.25, 0.3) is 11.2 Å². The summed E-state index contributed by atoms with van der Waals surface area (Å²) in [5.74, 6) is 0.467. The van der Waals surface area contributed by atoms with Gasteiger partial charge in [0.05, 0.1) is 6.61 Å². The van der Waals surface area contributed by atoms with Crippen molar-refractivity contribution >= 4 is 11.2 Å². The van der Waals surface area contributed by atoms with Crippen LogP contribution in [-0.2, 0) is 6.42 Å². The first kappa shape index (κ1) is 8.70. The third-order valence-corrected chi connectivity index (χ3v) is 1.79. The number of hydrogen-bond donors (Lipinski definition) is 4. The Labute approximate surface area is 76.8 Å². The minimum absolute atomic E-state index is 0.0675. The Morgan fingerprint density at radius 1 is 1.21 bits per heavy atom. The molecule has 0 amide bonds. The van der Waals surface area contributed by atoms with E-state index in [0.717, 1.165) is 0 Å². The van der Waals surface area contributed by atoms with Gasteiger partial charge in [-0.25, -0.2) is 9.78 Å². The Morgan fingerprint density at radius 2 is 2.00 bits per heavy atom. The number of fused-ring (bicyclic) bond motifs is 1. The maximum Gasteiger partial charge on any atom is 0.327 e. The first-order valence-corrected chi connectivity index (χ1v) is 4.03. The summed E-state index contributed by atoms with van der Waals surface area (Å²) in [5, 5.41) is 8.65. The SMILES string of the molecule is O=c1[nH]c(=O)c2[nH]c(CCO)nc2[nH]1. The molecule has 0 aliphatic carbocycles. The van der Waals surface area contributed by atoms with Gasteiger partial charge in [0.25, 0.3) is 5.56 Å². The number of aromatic nitrogens is 4. The third-order valence-electron chi connectivity index (χ3n) is 1.79. The molecule has 7 nitrogen and oxygen atoms in total. The molecular formula is C7H8N4O3. The molecule has 0 spiro atoms. The quantitative estimate of drug-likeness (QED) is 0.466. The predicted octanol–water partition coefficient (Wildman–Crippen LogP) is -1.53. The van der Waals surface area contributed by atoms with E-state index in [4.69, 9.17) is 5.11 Å². The number of imidazole rings is 1. The van der Waals surface area contributed by atoms with Crippen molar-refractivity contribution < 1.29 is 5.11 Å². The highest BCUT2D eigenvalue weighted by Crippen LogP contribution is 2.01. The van der Waals surface area contributed by atoms with Crippen LogP contribution in [0, 0.1) is 0 Å². The normalized spacial score (nSPS) is 10.9. The van der Waals surface area contributed by atoms with Crippen molar-refractivity contribution in [2.75, 3.05) is 6.61 Å². The second-order valence-corrected chi connectivity index (χ2v) is 2.79. The summed E-state index contributed by atoms with van der Waals surface area (Å²) in [6.07, 6.45) is 0.316. The standard InChI is InChI=1S/C7H8N4O3/c12-2-1-3-8-4-5(9-3)10-7(14)11-6(4)13/h12H,1-2H2,(H3,8,9,10,11,13,14). The highest BCUT2D eigenvalue weighted by molar-refractivity contribution is 5.68. The van der Waals surface area contributed by atoms with E-state index in [0.29, 0.717) is 12.2 Å².